The summed E-state index contributed by atoms with van der Waals surface area (Å²) in [5, 5.41) is 3.74. The third-order valence-corrected chi connectivity index (χ3v) is 2.94. The second-order valence-electron chi connectivity index (χ2n) is 3.84. The SMILES string of the molecule is CNC1CCN(Cc2cnc(Cl)cn2)C1. The highest BCUT2D eigenvalue weighted by molar-refractivity contribution is 6.29. The Kier molecular flexibility index (Phi) is 3.51. The average molecular weight is 227 g/mol. The van der Waals surface area contributed by atoms with Crippen molar-refractivity contribution < 1.29 is 0 Å². The monoisotopic (exact) mass is 226 g/mol. The van der Waals surface area contributed by atoms with Crippen LogP contribution < -0.4 is 5.32 Å². The highest BCUT2D eigenvalue weighted by Gasteiger charge is 2.20. The van der Waals surface area contributed by atoms with Gasteiger partial charge in [-0.05, 0) is 13.5 Å². The Morgan fingerprint density at radius 3 is 3.00 bits per heavy atom. The third-order valence-electron chi connectivity index (χ3n) is 2.74. The zero-order valence-electron chi connectivity index (χ0n) is 8.78. The first kappa shape index (κ1) is 10.8. The molecule has 1 atom stereocenters. The maximum Gasteiger partial charge on any atom is 0.147 e. The molecular formula is C10H15ClN4. The third kappa shape index (κ3) is 2.87. The summed E-state index contributed by atoms with van der Waals surface area (Å²) >= 11 is 5.68. The molecule has 1 N–H and O–H groups in total. The van der Waals surface area contributed by atoms with Gasteiger partial charge in [-0.25, -0.2) is 4.98 Å². The van der Waals surface area contributed by atoms with Gasteiger partial charge in [0.1, 0.15) is 5.15 Å². The van der Waals surface area contributed by atoms with E-state index in [0.29, 0.717) is 11.2 Å². The van der Waals surface area contributed by atoms with Crippen LogP contribution in [0.2, 0.25) is 5.15 Å². The lowest BCUT2D eigenvalue weighted by atomic mass is 10.3. The molecule has 1 fully saturated rings. The number of nitrogens with zero attached hydrogens (tertiary/aromatic N) is 3. The smallest absolute Gasteiger partial charge is 0.147 e. The van der Waals surface area contributed by atoms with Gasteiger partial charge in [-0.2, -0.15) is 0 Å². The summed E-state index contributed by atoms with van der Waals surface area (Å²) in [4.78, 5) is 10.6. The van der Waals surface area contributed by atoms with Crippen LogP contribution >= 0.6 is 11.6 Å². The van der Waals surface area contributed by atoms with Gasteiger partial charge in [0.05, 0.1) is 18.1 Å². The quantitative estimate of drug-likeness (QED) is 0.833. The van der Waals surface area contributed by atoms with Gasteiger partial charge < -0.3 is 5.32 Å². The molecule has 0 amide bonds. The van der Waals surface area contributed by atoms with E-state index in [2.05, 4.69) is 20.2 Å². The van der Waals surface area contributed by atoms with E-state index >= 15 is 0 Å². The highest BCUT2D eigenvalue weighted by atomic mass is 35.5. The number of likely N-dealkylation sites (tertiary alicyclic amines) is 1. The van der Waals surface area contributed by atoms with Gasteiger partial charge >= 0.3 is 0 Å². The van der Waals surface area contributed by atoms with Gasteiger partial charge in [0.25, 0.3) is 0 Å². The van der Waals surface area contributed by atoms with E-state index in [-0.39, 0.29) is 0 Å². The molecule has 1 aliphatic rings. The Morgan fingerprint density at radius 2 is 2.40 bits per heavy atom. The van der Waals surface area contributed by atoms with Gasteiger partial charge in [-0.1, -0.05) is 11.6 Å². The lowest BCUT2D eigenvalue weighted by Crippen LogP contribution is -2.29. The number of hydrogen-bond donors (Lipinski definition) is 1. The summed E-state index contributed by atoms with van der Waals surface area (Å²) in [7, 11) is 2.01. The Labute approximate surface area is 94.7 Å². The number of halogens is 1. The fraction of sp³-hybridized carbons (Fsp3) is 0.600. The summed E-state index contributed by atoms with van der Waals surface area (Å²) in [5.74, 6) is 0. The zero-order valence-corrected chi connectivity index (χ0v) is 9.54. The van der Waals surface area contributed by atoms with E-state index in [9.17, 15) is 0 Å². The molecule has 2 rings (SSSR count). The molecule has 1 unspecified atom stereocenters. The normalized spacial score (nSPS) is 22.1. The lowest BCUT2D eigenvalue weighted by Gasteiger charge is -2.14. The van der Waals surface area contributed by atoms with Crippen molar-refractivity contribution in [3.63, 3.8) is 0 Å². The van der Waals surface area contributed by atoms with E-state index < -0.39 is 0 Å². The molecule has 1 aromatic heterocycles. The van der Waals surface area contributed by atoms with Crippen LogP contribution in [0.5, 0.6) is 0 Å². The molecule has 0 saturated carbocycles. The Balaban J connectivity index is 1.90. The summed E-state index contributed by atoms with van der Waals surface area (Å²) in [6.07, 6.45) is 4.55. The van der Waals surface area contributed by atoms with E-state index in [1.807, 2.05) is 7.05 Å². The second kappa shape index (κ2) is 4.88. The minimum Gasteiger partial charge on any atom is -0.316 e. The molecule has 5 heteroatoms. The van der Waals surface area contributed by atoms with Crippen molar-refractivity contribution in [3.8, 4) is 0 Å². The topological polar surface area (TPSA) is 41.0 Å². The minimum atomic E-state index is 0.452. The Morgan fingerprint density at radius 1 is 1.53 bits per heavy atom. The maximum atomic E-state index is 5.68. The predicted molar refractivity (Wildman–Crippen MR) is 59.8 cm³/mol. The molecule has 82 valence electrons. The molecule has 15 heavy (non-hydrogen) atoms. The van der Waals surface area contributed by atoms with Crippen molar-refractivity contribution in [1.29, 1.82) is 0 Å². The average Bonchev–Trinajstić information content (AvgIpc) is 2.69. The van der Waals surface area contributed by atoms with Crippen LogP contribution in [-0.4, -0.2) is 41.0 Å². The Hall–Kier alpha value is -0.710. The molecule has 0 bridgehead atoms. The number of aromatic nitrogens is 2. The van der Waals surface area contributed by atoms with Crippen LogP contribution in [0, 0.1) is 0 Å². The van der Waals surface area contributed by atoms with E-state index in [4.69, 9.17) is 11.6 Å². The van der Waals surface area contributed by atoms with Crippen LogP contribution in [0.4, 0.5) is 0 Å². The van der Waals surface area contributed by atoms with E-state index in [0.717, 1.165) is 25.3 Å². The first-order valence-corrected chi connectivity index (χ1v) is 5.52. The zero-order chi connectivity index (χ0) is 10.7. The molecule has 0 spiro atoms. The molecule has 2 heterocycles. The second-order valence-corrected chi connectivity index (χ2v) is 4.23. The minimum absolute atomic E-state index is 0.452. The standard InChI is InChI=1S/C10H15ClN4/c1-12-8-2-3-15(6-8)7-9-4-14-10(11)5-13-9/h4-5,8,12H,2-3,6-7H2,1H3. The molecule has 0 radical (unpaired) electrons. The molecule has 4 nitrogen and oxygen atoms in total. The Bertz CT molecular complexity index is 314. The van der Waals surface area contributed by atoms with Crippen LogP contribution in [0.15, 0.2) is 12.4 Å². The first-order chi connectivity index (χ1) is 7.28. The van der Waals surface area contributed by atoms with Gasteiger partial charge in [-0.3, -0.25) is 9.88 Å². The highest BCUT2D eigenvalue weighted by Crippen LogP contribution is 2.12. The van der Waals surface area contributed by atoms with Gasteiger partial charge in [0, 0.05) is 25.7 Å². The summed E-state index contributed by atoms with van der Waals surface area (Å²) < 4.78 is 0. The van der Waals surface area contributed by atoms with Crippen LogP contribution in [0.1, 0.15) is 12.1 Å². The van der Waals surface area contributed by atoms with E-state index in [1.54, 1.807) is 12.4 Å². The maximum absolute atomic E-state index is 5.68. The number of rotatable bonds is 3. The number of nitrogens with one attached hydrogen (secondary N) is 1. The van der Waals surface area contributed by atoms with Crippen molar-refractivity contribution in [2.45, 2.75) is 19.0 Å². The molecule has 1 saturated heterocycles. The largest absolute Gasteiger partial charge is 0.316 e. The lowest BCUT2D eigenvalue weighted by molar-refractivity contribution is 0.318. The number of likely N-dealkylation sites (N-methyl/N-ethyl adjacent to an activating group) is 1. The molecule has 1 aliphatic heterocycles. The summed E-state index contributed by atoms with van der Waals surface area (Å²) in [6, 6.07) is 0.616. The molecule has 0 aromatic carbocycles. The van der Waals surface area contributed by atoms with E-state index in [1.165, 1.54) is 6.42 Å². The van der Waals surface area contributed by atoms with Crippen molar-refractivity contribution in [1.82, 2.24) is 20.2 Å². The summed E-state index contributed by atoms with van der Waals surface area (Å²) in [6.45, 7) is 3.07. The van der Waals surface area contributed by atoms with Gasteiger partial charge in [0.2, 0.25) is 0 Å². The summed E-state index contributed by atoms with van der Waals surface area (Å²) in [5.41, 5.74) is 0.983. The fourth-order valence-corrected chi connectivity index (χ4v) is 1.96. The van der Waals surface area contributed by atoms with Crippen LogP contribution in [0.25, 0.3) is 0 Å². The van der Waals surface area contributed by atoms with Crippen molar-refractivity contribution >= 4 is 11.6 Å². The number of hydrogen-bond acceptors (Lipinski definition) is 4. The fourth-order valence-electron chi connectivity index (χ4n) is 1.86. The predicted octanol–water partition coefficient (Wildman–Crippen LogP) is 0.924. The molecular weight excluding hydrogens is 212 g/mol. The van der Waals surface area contributed by atoms with Crippen molar-refractivity contribution in [2.24, 2.45) is 0 Å². The first-order valence-electron chi connectivity index (χ1n) is 5.14. The van der Waals surface area contributed by atoms with Crippen LogP contribution in [-0.2, 0) is 6.54 Å². The van der Waals surface area contributed by atoms with Gasteiger partial charge in [0.15, 0.2) is 0 Å². The molecule has 1 aromatic rings. The van der Waals surface area contributed by atoms with Crippen molar-refractivity contribution in [3.05, 3.63) is 23.2 Å². The van der Waals surface area contributed by atoms with Crippen molar-refractivity contribution in [2.75, 3.05) is 20.1 Å². The molecule has 0 aliphatic carbocycles. The van der Waals surface area contributed by atoms with Gasteiger partial charge in [-0.15, -0.1) is 0 Å². The van der Waals surface area contributed by atoms with Crippen LogP contribution in [0.3, 0.4) is 0 Å².